The lowest BCUT2D eigenvalue weighted by Crippen LogP contribution is -2.11. The van der Waals surface area contributed by atoms with Crippen molar-refractivity contribution in [3.05, 3.63) is 36.5 Å². The highest BCUT2D eigenvalue weighted by Gasteiger charge is 2.01. The van der Waals surface area contributed by atoms with E-state index in [9.17, 15) is 0 Å². The van der Waals surface area contributed by atoms with Gasteiger partial charge in [-0.05, 0) is 5.57 Å². The van der Waals surface area contributed by atoms with Gasteiger partial charge in [0.25, 0.3) is 0 Å². The Hall–Kier alpha value is -0.900. The summed E-state index contributed by atoms with van der Waals surface area (Å²) >= 11 is 0. The Morgan fingerprint density at radius 1 is 1.33 bits per heavy atom. The van der Waals surface area contributed by atoms with E-state index in [1.807, 2.05) is 6.08 Å². The van der Waals surface area contributed by atoms with E-state index in [0.29, 0.717) is 13.1 Å². The van der Waals surface area contributed by atoms with Gasteiger partial charge < -0.3 is 16.6 Å². The van der Waals surface area contributed by atoms with Crippen LogP contribution in [0.25, 0.3) is 0 Å². The Morgan fingerprint density at radius 3 is 2.17 bits per heavy atom. The van der Waals surface area contributed by atoms with Crippen LogP contribution in [-0.2, 0) is 0 Å². The third kappa shape index (κ3) is 4.85. The molecule has 0 bridgehead atoms. The van der Waals surface area contributed by atoms with Gasteiger partial charge in [-0.25, -0.2) is 0 Å². The van der Waals surface area contributed by atoms with E-state index in [-0.39, 0.29) is 0 Å². The largest absolute Gasteiger partial charge is 0.384 e. The molecule has 3 nitrogen and oxygen atoms in total. The molecule has 0 heterocycles. The number of aliphatic hydroxyl groups is 1. The second kappa shape index (κ2) is 6.79. The molecule has 0 aromatic carbocycles. The van der Waals surface area contributed by atoms with Crippen molar-refractivity contribution in [3.8, 4) is 0 Å². The van der Waals surface area contributed by atoms with Crippen LogP contribution in [0.3, 0.4) is 0 Å². The lowest BCUT2D eigenvalue weighted by molar-refractivity contribution is 0.262. The molecule has 0 saturated carbocycles. The van der Waals surface area contributed by atoms with Crippen molar-refractivity contribution < 1.29 is 5.11 Å². The summed E-state index contributed by atoms with van der Waals surface area (Å²) in [6.07, 6.45) is 6.70. The second-order valence-corrected chi connectivity index (χ2v) is 2.34. The minimum absolute atomic E-state index is 0.458. The summed E-state index contributed by atoms with van der Waals surface area (Å²) in [5.74, 6) is 0. The van der Waals surface area contributed by atoms with Crippen molar-refractivity contribution >= 4 is 0 Å². The Kier molecular flexibility index (Phi) is 6.28. The lowest BCUT2D eigenvalue weighted by Gasteiger charge is -2.06. The third-order valence-electron chi connectivity index (χ3n) is 1.26. The first-order chi connectivity index (χ1) is 5.72. The number of rotatable bonds is 1. The topological polar surface area (TPSA) is 72.3 Å². The molecule has 0 aliphatic heterocycles. The van der Waals surface area contributed by atoms with Crippen LogP contribution < -0.4 is 11.5 Å². The molecule has 68 valence electrons. The molecule has 0 saturated heterocycles. The van der Waals surface area contributed by atoms with E-state index in [0.717, 1.165) is 5.57 Å². The quantitative estimate of drug-likeness (QED) is 0.513. The smallest absolute Gasteiger partial charge is 0.0969 e. The zero-order valence-corrected chi connectivity index (χ0v) is 7.11. The van der Waals surface area contributed by atoms with Gasteiger partial charge >= 0.3 is 0 Å². The fourth-order valence-corrected chi connectivity index (χ4v) is 0.571. The van der Waals surface area contributed by atoms with Crippen LogP contribution in [0.2, 0.25) is 0 Å². The van der Waals surface area contributed by atoms with E-state index in [1.165, 1.54) is 0 Å². The van der Waals surface area contributed by atoms with Crippen molar-refractivity contribution in [3.63, 3.8) is 0 Å². The van der Waals surface area contributed by atoms with Crippen molar-refractivity contribution in [2.45, 2.75) is 6.10 Å². The van der Waals surface area contributed by atoms with E-state index in [2.05, 4.69) is 6.58 Å². The summed E-state index contributed by atoms with van der Waals surface area (Å²) in [6.45, 7) is 4.80. The molecule has 5 N–H and O–H groups in total. The molecule has 0 aromatic rings. The first-order valence-corrected chi connectivity index (χ1v) is 3.84. The monoisotopic (exact) mass is 168 g/mol. The third-order valence-corrected chi connectivity index (χ3v) is 1.26. The Morgan fingerprint density at radius 2 is 1.92 bits per heavy atom. The maximum atomic E-state index is 8.94. The van der Waals surface area contributed by atoms with Crippen molar-refractivity contribution in [1.82, 2.24) is 0 Å². The number of hydrogen-bond acceptors (Lipinski definition) is 3. The van der Waals surface area contributed by atoms with E-state index >= 15 is 0 Å². The fraction of sp³-hybridized carbons (Fsp3) is 0.333. The normalized spacial score (nSPS) is 20.2. The molecule has 0 spiro atoms. The number of aliphatic hydroxyl groups excluding tert-OH is 1. The molecule has 0 fully saturated rings. The van der Waals surface area contributed by atoms with Gasteiger partial charge in [-0.1, -0.05) is 30.9 Å². The molecule has 3 heteroatoms. The van der Waals surface area contributed by atoms with Crippen LogP contribution >= 0.6 is 0 Å². The number of hydrogen-bond donors (Lipinski definition) is 3. The molecular weight excluding hydrogens is 152 g/mol. The molecule has 1 aliphatic rings. The van der Waals surface area contributed by atoms with Crippen molar-refractivity contribution in [2.24, 2.45) is 11.5 Å². The Bertz CT molecular complexity index is 183. The molecule has 12 heavy (non-hydrogen) atoms. The summed E-state index contributed by atoms with van der Waals surface area (Å²) in [5, 5.41) is 8.94. The van der Waals surface area contributed by atoms with Gasteiger partial charge in [-0.15, -0.1) is 0 Å². The second-order valence-electron chi connectivity index (χ2n) is 2.34. The molecule has 0 radical (unpaired) electrons. The average molecular weight is 168 g/mol. The maximum absolute atomic E-state index is 8.94. The van der Waals surface area contributed by atoms with Crippen LogP contribution in [-0.4, -0.2) is 24.3 Å². The number of nitrogens with two attached hydrogens (primary N) is 2. The van der Waals surface area contributed by atoms with Crippen LogP contribution in [0.1, 0.15) is 0 Å². The van der Waals surface area contributed by atoms with Gasteiger partial charge in [0.05, 0.1) is 6.10 Å². The average Bonchev–Trinajstić information content (AvgIpc) is 2.11. The SMILES string of the molecule is C=C1C=CC=CC1O.NCCN. The van der Waals surface area contributed by atoms with E-state index in [4.69, 9.17) is 16.6 Å². The molecule has 1 aliphatic carbocycles. The van der Waals surface area contributed by atoms with Crippen LogP contribution in [0.15, 0.2) is 36.5 Å². The zero-order valence-electron chi connectivity index (χ0n) is 7.11. The highest BCUT2D eigenvalue weighted by atomic mass is 16.3. The molecule has 1 atom stereocenters. The molecule has 1 rings (SSSR count). The number of allylic oxidation sites excluding steroid dienone is 2. The highest BCUT2D eigenvalue weighted by molar-refractivity contribution is 5.31. The maximum Gasteiger partial charge on any atom is 0.0969 e. The molecular formula is C9H16N2O. The van der Waals surface area contributed by atoms with Gasteiger partial charge in [0.1, 0.15) is 0 Å². The fourth-order valence-electron chi connectivity index (χ4n) is 0.571. The van der Waals surface area contributed by atoms with Crippen molar-refractivity contribution in [1.29, 1.82) is 0 Å². The van der Waals surface area contributed by atoms with E-state index in [1.54, 1.807) is 18.2 Å². The van der Waals surface area contributed by atoms with Crippen LogP contribution in [0, 0.1) is 0 Å². The highest BCUT2D eigenvalue weighted by Crippen LogP contribution is 2.07. The van der Waals surface area contributed by atoms with Crippen LogP contribution in [0.4, 0.5) is 0 Å². The predicted molar refractivity (Wildman–Crippen MR) is 51.5 cm³/mol. The summed E-state index contributed by atoms with van der Waals surface area (Å²) in [4.78, 5) is 0. The first kappa shape index (κ1) is 11.1. The minimum Gasteiger partial charge on any atom is -0.384 e. The Labute approximate surface area is 73.1 Å². The summed E-state index contributed by atoms with van der Waals surface area (Å²) in [7, 11) is 0. The van der Waals surface area contributed by atoms with Gasteiger partial charge in [-0.2, -0.15) is 0 Å². The van der Waals surface area contributed by atoms with Crippen LogP contribution in [0.5, 0.6) is 0 Å². The molecule has 0 aromatic heterocycles. The predicted octanol–water partition coefficient (Wildman–Crippen LogP) is -0.0667. The standard InChI is InChI=1S/C7H8O.C2H8N2/c1-6-4-2-3-5-7(6)8;3-1-2-4/h2-5,7-8H,1H2;1-4H2. The lowest BCUT2D eigenvalue weighted by atomic mass is 10.1. The summed E-state index contributed by atoms with van der Waals surface area (Å²) in [6, 6.07) is 0. The van der Waals surface area contributed by atoms with Gasteiger partial charge in [0, 0.05) is 13.1 Å². The molecule has 0 amide bonds. The van der Waals surface area contributed by atoms with Gasteiger partial charge in [0.15, 0.2) is 0 Å². The van der Waals surface area contributed by atoms with Gasteiger partial charge in [0.2, 0.25) is 0 Å². The molecule has 1 unspecified atom stereocenters. The first-order valence-electron chi connectivity index (χ1n) is 3.84. The zero-order chi connectivity index (χ0) is 9.40. The summed E-state index contributed by atoms with van der Waals surface area (Å²) in [5.41, 5.74) is 10.6. The van der Waals surface area contributed by atoms with E-state index < -0.39 is 6.10 Å². The van der Waals surface area contributed by atoms with Gasteiger partial charge in [-0.3, -0.25) is 0 Å². The summed E-state index contributed by atoms with van der Waals surface area (Å²) < 4.78 is 0. The Balaban J connectivity index is 0.000000261. The van der Waals surface area contributed by atoms with Crippen molar-refractivity contribution in [2.75, 3.05) is 13.1 Å². The minimum atomic E-state index is -0.458.